The van der Waals surface area contributed by atoms with E-state index in [1.807, 2.05) is 0 Å². The summed E-state index contributed by atoms with van der Waals surface area (Å²) in [7, 11) is 1.25. The van der Waals surface area contributed by atoms with Gasteiger partial charge in [0.2, 0.25) is 0 Å². The van der Waals surface area contributed by atoms with E-state index in [0.29, 0.717) is 16.6 Å². The van der Waals surface area contributed by atoms with Crippen LogP contribution < -0.4 is 10.5 Å². The second kappa shape index (κ2) is 6.34. The van der Waals surface area contributed by atoms with E-state index in [4.69, 9.17) is 15.2 Å². The van der Waals surface area contributed by atoms with Gasteiger partial charge in [0.25, 0.3) is 0 Å². The normalized spacial score (nSPS) is 20.2. The molecule has 2 unspecified atom stereocenters. The first-order chi connectivity index (χ1) is 13.3. The molecule has 28 heavy (non-hydrogen) atoms. The van der Waals surface area contributed by atoms with E-state index >= 15 is 0 Å². The molecule has 0 aliphatic carbocycles. The SMILES string of the molecule is COc1cc(C(c2ccc3c(N)cccc3n2)C2(C(F)(F)F)CO2)ccc1F. The van der Waals surface area contributed by atoms with Crippen molar-refractivity contribution in [1.82, 2.24) is 4.98 Å². The monoisotopic (exact) mass is 392 g/mol. The number of nitrogens with zero attached hydrogens (tertiary/aromatic N) is 1. The van der Waals surface area contributed by atoms with Crippen molar-refractivity contribution in [2.24, 2.45) is 0 Å². The van der Waals surface area contributed by atoms with Crippen LogP contribution in [0, 0.1) is 5.82 Å². The molecule has 0 amide bonds. The van der Waals surface area contributed by atoms with Gasteiger partial charge in [0.15, 0.2) is 17.2 Å². The second-order valence-corrected chi connectivity index (χ2v) is 6.65. The van der Waals surface area contributed by atoms with Crippen LogP contribution in [-0.2, 0) is 4.74 Å². The number of halogens is 4. The van der Waals surface area contributed by atoms with Gasteiger partial charge >= 0.3 is 6.18 Å². The Balaban J connectivity index is 1.92. The molecule has 1 aliphatic rings. The van der Waals surface area contributed by atoms with Gasteiger partial charge in [0.05, 0.1) is 30.8 Å². The predicted molar refractivity (Wildman–Crippen MR) is 95.7 cm³/mol. The number of aromatic nitrogens is 1. The van der Waals surface area contributed by atoms with Crippen molar-refractivity contribution in [3.63, 3.8) is 0 Å². The zero-order valence-corrected chi connectivity index (χ0v) is 14.8. The number of ether oxygens (including phenoxy) is 2. The van der Waals surface area contributed by atoms with Gasteiger partial charge in [0.1, 0.15) is 0 Å². The molecule has 3 aromatic rings. The smallest absolute Gasteiger partial charge is 0.420 e. The van der Waals surface area contributed by atoms with Crippen molar-refractivity contribution in [3.8, 4) is 5.75 Å². The summed E-state index contributed by atoms with van der Waals surface area (Å²) in [6.07, 6.45) is -4.63. The van der Waals surface area contributed by atoms with E-state index < -0.39 is 30.1 Å². The fourth-order valence-corrected chi connectivity index (χ4v) is 3.46. The Kier molecular flexibility index (Phi) is 4.19. The molecule has 146 valence electrons. The molecular weight excluding hydrogens is 376 g/mol. The minimum atomic E-state index is -4.63. The topological polar surface area (TPSA) is 60.7 Å². The maximum atomic E-state index is 13.9. The summed E-state index contributed by atoms with van der Waals surface area (Å²) in [6, 6.07) is 11.8. The molecule has 2 aromatic carbocycles. The predicted octanol–water partition coefficient (Wildman–Crippen LogP) is 4.43. The van der Waals surface area contributed by atoms with Gasteiger partial charge in [-0.1, -0.05) is 12.1 Å². The standard InChI is InChI=1S/C20H16F4N2O2/c1-27-17-9-11(5-7-13(17)21)18(19(10-28-19)20(22,23)24)16-8-6-12-14(25)3-2-4-15(12)26-16/h2-9,18H,10,25H2,1H3. The fraction of sp³-hybridized carbons (Fsp3) is 0.250. The summed E-state index contributed by atoms with van der Waals surface area (Å²) < 4.78 is 65.4. The molecule has 8 heteroatoms. The average molecular weight is 392 g/mol. The summed E-state index contributed by atoms with van der Waals surface area (Å²) in [6.45, 7) is -0.502. The molecule has 1 fully saturated rings. The lowest BCUT2D eigenvalue weighted by atomic mass is 9.82. The van der Waals surface area contributed by atoms with Crippen molar-refractivity contribution >= 4 is 16.6 Å². The van der Waals surface area contributed by atoms with Crippen LogP contribution >= 0.6 is 0 Å². The highest BCUT2D eigenvalue weighted by molar-refractivity contribution is 5.90. The van der Waals surface area contributed by atoms with E-state index in [9.17, 15) is 17.6 Å². The average Bonchev–Trinajstić information content (AvgIpc) is 3.45. The molecule has 1 aliphatic heterocycles. The number of nitrogen functional groups attached to an aromatic ring is 1. The maximum Gasteiger partial charge on any atom is 0.420 e. The van der Waals surface area contributed by atoms with Crippen molar-refractivity contribution in [2.75, 3.05) is 19.5 Å². The summed E-state index contributed by atoms with van der Waals surface area (Å²) in [5, 5.41) is 0.638. The lowest BCUT2D eigenvalue weighted by Gasteiger charge is -2.27. The zero-order valence-electron chi connectivity index (χ0n) is 14.8. The highest BCUT2D eigenvalue weighted by Crippen LogP contribution is 2.55. The van der Waals surface area contributed by atoms with Crippen LogP contribution in [0.15, 0.2) is 48.5 Å². The Morgan fingerprint density at radius 1 is 1.18 bits per heavy atom. The van der Waals surface area contributed by atoms with Gasteiger partial charge in [-0.3, -0.25) is 4.98 Å². The minimum absolute atomic E-state index is 0.148. The van der Waals surface area contributed by atoms with E-state index in [0.717, 1.165) is 6.07 Å². The zero-order chi connectivity index (χ0) is 20.1. The molecule has 0 bridgehead atoms. The number of anilines is 1. The third kappa shape index (κ3) is 2.84. The Bertz CT molecular complexity index is 1050. The number of hydrogen-bond donors (Lipinski definition) is 1. The van der Waals surface area contributed by atoms with E-state index in [1.54, 1.807) is 24.3 Å². The molecule has 0 saturated carbocycles. The number of pyridine rings is 1. The summed E-state index contributed by atoms with van der Waals surface area (Å²) in [4.78, 5) is 4.42. The van der Waals surface area contributed by atoms with Crippen LogP contribution in [0.5, 0.6) is 5.75 Å². The highest BCUT2D eigenvalue weighted by atomic mass is 19.4. The molecule has 2 heterocycles. The first kappa shape index (κ1) is 18.5. The molecule has 2 N–H and O–H groups in total. The van der Waals surface area contributed by atoms with Crippen LogP contribution in [0.2, 0.25) is 0 Å². The van der Waals surface area contributed by atoms with Crippen LogP contribution in [0.1, 0.15) is 17.2 Å². The second-order valence-electron chi connectivity index (χ2n) is 6.65. The minimum Gasteiger partial charge on any atom is -0.494 e. The van der Waals surface area contributed by atoms with Crippen LogP contribution in [0.3, 0.4) is 0 Å². The van der Waals surface area contributed by atoms with Crippen molar-refractivity contribution < 1.29 is 27.0 Å². The molecular formula is C20H16F4N2O2. The van der Waals surface area contributed by atoms with Gasteiger partial charge in [-0.05, 0) is 42.0 Å². The number of hydrogen-bond acceptors (Lipinski definition) is 4. The quantitative estimate of drug-likeness (QED) is 0.405. The van der Waals surface area contributed by atoms with Crippen molar-refractivity contribution in [3.05, 3.63) is 65.6 Å². The Morgan fingerprint density at radius 3 is 2.57 bits per heavy atom. The first-order valence-corrected chi connectivity index (χ1v) is 8.46. The summed E-state index contributed by atoms with van der Waals surface area (Å²) in [5.74, 6) is -2.10. The fourth-order valence-electron chi connectivity index (χ4n) is 3.46. The number of fused-ring (bicyclic) bond motifs is 1. The lowest BCUT2D eigenvalue weighted by molar-refractivity contribution is -0.187. The Morgan fingerprint density at radius 2 is 1.93 bits per heavy atom. The largest absolute Gasteiger partial charge is 0.494 e. The van der Waals surface area contributed by atoms with Gasteiger partial charge < -0.3 is 15.2 Å². The Hall–Kier alpha value is -2.87. The molecule has 1 saturated heterocycles. The number of epoxide rings is 1. The first-order valence-electron chi connectivity index (χ1n) is 8.46. The van der Waals surface area contributed by atoms with Crippen LogP contribution in [-0.4, -0.2) is 30.5 Å². The van der Waals surface area contributed by atoms with E-state index in [1.165, 1.54) is 25.3 Å². The third-order valence-corrected chi connectivity index (χ3v) is 4.99. The number of alkyl halides is 3. The maximum absolute atomic E-state index is 13.9. The van der Waals surface area contributed by atoms with Gasteiger partial charge in [0, 0.05) is 11.1 Å². The molecule has 0 radical (unpaired) electrons. The Labute approximate surface area is 157 Å². The van der Waals surface area contributed by atoms with Gasteiger partial charge in [-0.2, -0.15) is 13.2 Å². The van der Waals surface area contributed by atoms with Crippen molar-refractivity contribution in [2.45, 2.75) is 17.7 Å². The van der Waals surface area contributed by atoms with E-state index in [2.05, 4.69) is 4.98 Å². The molecule has 1 aromatic heterocycles. The number of benzene rings is 2. The third-order valence-electron chi connectivity index (χ3n) is 4.99. The number of methoxy groups -OCH3 is 1. The number of rotatable bonds is 4. The molecule has 2 atom stereocenters. The summed E-state index contributed by atoms with van der Waals surface area (Å²) in [5.41, 5.74) is 4.79. The van der Waals surface area contributed by atoms with Gasteiger partial charge in [-0.15, -0.1) is 0 Å². The lowest BCUT2D eigenvalue weighted by Crippen LogP contribution is -2.39. The highest BCUT2D eigenvalue weighted by Gasteiger charge is 2.71. The molecule has 0 spiro atoms. The van der Waals surface area contributed by atoms with Crippen LogP contribution in [0.4, 0.5) is 23.2 Å². The summed E-state index contributed by atoms with van der Waals surface area (Å²) >= 11 is 0. The van der Waals surface area contributed by atoms with E-state index in [-0.39, 0.29) is 17.0 Å². The molecule has 4 nitrogen and oxygen atoms in total. The van der Waals surface area contributed by atoms with Crippen LogP contribution in [0.25, 0.3) is 10.9 Å². The van der Waals surface area contributed by atoms with Gasteiger partial charge in [-0.25, -0.2) is 4.39 Å². The molecule has 4 rings (SSSR count). The van der Waals surface area contributed by atoms with Crippen molar-refractivity contribution in [1.29, 1.82) is 0 Å². The number of nitrogens with two attached hydrogens (primary N) is 1.